The number of carbonyl (C=O) groups is 1. The highest BCUT2D eigenvalue weighted by molar-refractivity contribution is 5.84. The third kappa shape index (κ3) is 3.71. The summed E-state index contributed by atoms with van der Waals surface area (Å²) in [5, 5.41) is 3.52. The average Bonchev–Trinajstić information content (AvgIpc) is 2.64. The summed E-state index contributed by atoms with van der Waals surface area (Å²) in [5.74, 6) is 1.22. The molecule has 112 valence electrons. The Morgan fingerprint density at radius 2 is 1.84 bits per heavy atom. The molecule has 0 bridgehead atoms. The predicted molar refractivity (Wildman–Crippen MR) is 80.8 cm³/mol. The molecule has 1 heterocycles. The molecule has 3 heteroatoms. The highest BCUT2D eigenvalue weighted by Gasteiger charge is 2.41. The van der Waals surface area contributed by atoms with Gasteiger partial charge in [0, 0.05) is 6.54 Å². The molecule has 4 atom stereocenters. The van der Waals surface area contributed by atoms with Gasteiger partial charge in [-0.1, -0.05) is 54.9 Å². The molecule has 3 nitrogen and oxygen atoms in total. The molecule has 1 aliphatic rings. The minimum absolute atomic E-state index is 0.0159. The van der Waals surface area contributed by atoms with Gasteiger partial charge in [-0.05, 0) is 23.7 Å². The zero-order valence-corrected chi connectivity index (χ0v) is 13.8. The van der Waals surface area contributed by atoms with Crippen molar-refractivity contribution in [1.82, 2.24) is 10.2 Å². The van der Waals surface area contributed by atoms with E-state index in [4.69, 9.17) is 0 Å². The van der Waals surface area contributed by atoms with E-state index in [1.165, 1.54) is 0 Å². The summed E-state index contributed by atoms with van der Waals surface area (Å²) in [7, 11) is 0. The van der Waals surface area contributed by atoms with Crippen LogP contribution < -0.4 is 5.32 Å². The molecular formula is C16H32N2O. The van der Waals surface area contributed by atoms with Gasteiger partial charge >= 0.3 is 0 Å². The quantitative estimate of drug-likeness (QED) is 0.830. The summed E-state index contributed by atoms with van der Waals surface area (Å²) in [6.07, 6.45) is 2.24. The molecule has 19 heavy (non-hydrogen) atoms. The van der Waals surface area contributed by atoms with Gasteiger partial charge in [-0.25, -0.2) is 0 Å². The van der Waals surface area contributed by atoms with Crippen molar-refractivity contribution in [3.8, 4) is 0 Å². The predicted octanol–water partition coefficient (Wildman–Crippen LogP) is 3.25. The summed E-state index contributed by atoms with van der Waals surface area (Å²) < 4.78 is 0. The van der Waals surface area contributed by atoms with Crippen LogP contribution >= 0.6 is 0 Å². The molecule has 4 unspecified atom stereocenters. The van der Waals surface area contributed by atoms with Crippen molar-refractivity contribution in [3.63, 3.8) is 0 Å². The average molecular weight is 268 g/mol. The summed E-state index contributed by atoms with van der Waals surface area (Å²) in [6.45, 7) is 16.3. The van der Waals surface area contributed by atoms with Crippen molar-refractivity contribution in [2.75, 3.05) is 6.54 Å². The summed E-state index contributed by atoms with van der Waals surface area (Å²) in [4.78, 5) is 14.7. The smallest absolute Gasteiger partial charge is 0.241 e. The minimum Gasteiger partial charge on any atom is -0.326 e. The zero-order valence-electron chi connectivity index (χ0n) is 13.8. The minimum atomic E-state index is 0.0159. The van der Waals surface area contributed by atoms with E-state index in [2.05, 4.69) is 58.7 Å². The monoisotopic (exact) mass is 268 g/mol. The Labute approximate surface area is 119 Å². The van der Waals surface area contributed by atoms with Gasteiger partial charge in [0.15, 0.2) is 0 Å². The lowest BCUT2D eigenvalue weighted by atomic mass is 9.81. The number of hydrogen-bond acceptors (Lipinski definition) is 2. The maximum absolute atomic E-state index is 12.6. The number of rotatable bonds is 5. The largest absolute Gasteiger partial charge is 0.326 e. The van der Waals surface area contributed by atoms with E-state index in [1.807, 2.05) is 0 Å². The van der Waals surface area contributed by atoms with Crippen LogP contribution in [0.25, 0.3) is 0 Å². The second-order valence-electron chi connectivity index (χ2n) is 7.21. The Morgan fingerprint density at radius 3 is 2.26 bits per heavy atom. The first-order valence-corrected chi connectivity index (χ1v) is 7.78. The standard InChI is InChI=1S/C16H32N2O/c1-8-11(3)14-15(19)18(13(9-2)17-14)10-12(4)16(5,6)7/h11-14,17H,8-10H2,1-7H3. The molecule has 1 fully saturated rings. The number of nitrogens with one attached hydrogen (secondary N) is 1. The van der Waals surface area contributed by atoms with Crippen molar-refractivity contribution in [2.24, 2.45) is 17.3 Å². The molecule has 1 saturated heterocycles. The van der Waals surface area contributed by atoms with E-state index < -0.39 is 0 Å². The molecule has 0 aromatic carbocycles. The van der Waals surface area contributed by atoms with E-state index in [1.54, 1.807) is 0 Å². The van der Waals surface area contributed by atoms with E-state index in [0.29, 0.717) is 17.7 Å². The number of amides is 1. The summed E-state index contributed by atoms with van der Waals surface area (Å²) in [6, 6.07) is 0.0159. The van der Waals surface area contributed by atoms with E-state index >= 15 is 0 Å². The van der Waals surface area contributed by atoms with Gasteiger partial charge < -0.3 is 4.90 Å². The molecule has 0 aromatic heterocycles. The Morgan fingerprint density at radius 1 is 1.26 bits per heavy atom. The van der Waals surface area contributed by atoms with Crippen LogP contribution in [-0.4, -0.2) is 29.6 Å². The number of hydrogen-bond donors (Lipinski definition) is 1. The summed E-state index contributed by atoms with van der Waals surface area (Å²) >= 11 is 0. The second-order valence-corrected chi connectivity index (χ2v) is 7.21. The van der Waals surface area contributed by atoms with Gasteiger partial charge in [-0.3, -0.25) is 10.1 Å². The van der Waals surface area contributed by atoms with Crippen molar-refractivity contribution < 1.29 is 4.79 Å². The highest BCUT2D eigenvalue weighted by atomic mass is 16.2. The molecule has 1 rings (SSSR count). The fourth-order valence-electron chi connectivity index (χ4n) is 2.47. The maximum atomic E-state index is 12.6. The third-order valence-corrected chi connectivity index (χ3v) is 4.85. The second kappa shape index (κ2) is 6.25. The molecule has 1 amide bonds. The Balaban J connectivity index is 2.78. The van der Waals surface area contributed by atoms with E-state index in [0.717, 1.165) is 19.4 Å². The van der Waals surface area contributed by atoms with Crippen molar-refractivity contribution >= 4 is 5.91 Å². The number of carbonyl (C=O) groups excluding carboxylic acids is 1. The fourth-order valence-corrected chi connectivity index (χ4v) is 2.47. The molecular weight excluding hydrogens is 236 g/mol. The van der Waals surface area contributed by atoms with Crippen LogP contribution in [0.3, 0.4) is 0 Å². The van der Waals surface area contributed by atoms with Crippen molar-refractivity contribution in [1.29, 1.82) is 0 Å². The maximum Gasteiger partial charge on any atom is 0.241 e. The first-order valence-electron chi connectivity index (χ1n) is 7.78. The van der Waals surface area contributed by atoms with Crippen LogP contribution in [0.4, 0.5) is 0 Å². The van der Waals surface area contributed by atoms with E-state index in [-0.39, 0.29) is 17.6 Å². The van der Waals surface area contributed by atoms with Crippen LogP contribution in [0.15, 0.2) is 0 Å². The molecule has 0 aliphatic carbocycles. The topological polar surface area (TPSA) is 32.3 Å². The fraction of sp³-hybridized carbons (Fsp3) is 0.938. The van der Waals surface area contributed by atoms with Gasteiger partial charge in [-0.2, -0.15) is 0 Å². The molecule has 0 aromatic rings. The molecule has 1 N–H and O–H groups in total. The molecule has 0 spiro atoms. The Hall–Kier alpha value is -0.570. The first kappa shape index (κ1) is 16.5. The van der Waals surface area contributed by atoms with Gasteiger partial charge in [0.1, 0.15) is 0 Å². The Bertz CT molecular complexity index is 308. The third-order valence-electron chi connectivity index (χ3n) is 4.85. The van der Waals surface area contributed by atoms with Crippen molar-refractivity contribution in [2.45, 2.75) is 73.5 Å². The molecule has 1 aliphatic heterocycles. The van der Waals surface area contributed by atoms with Crippen LogP contribution in [0.1, 0.15) is 61.3 Å². The zero-order chi connectivity index (χ0) is 14.8. The van der Waals surface area contributed by atoms with Crippen LogP contribution in [0.5, 0.6) is 0 Å². The van der Waals surface area contributed by atoms with Crippen LogP contribution in [0.2, 0.25) is 0 Å². The van der Waals surface area contributed by atoms with Gasteiger partial charge in [0.05, 0.1) is 12.2 Å². The summed E-state index contributed by atoms with van der Waals surface area (Å²) in [5.41, 5.74) is 0.243. The number of nitrogens with zero attached hydrogens (tertiary/aromatic N) is 1. The van der Waals surface area contributed by atoms with Crippen LogP contribution in [-0.2, 0) is 4.79 Å². The van der Waals surface area contributed by atoms with Crippen molar-refractivity contribution in [3.05, 3.63) is 0 Å². The van der Waals surface area contributed by atoms with Gasteiger partial charge in [0.25, 0.3) is 0 Å². The lowest BCUT2D eigenvalue weighted by Crippen LogP contribution is -2.42. The molecule has 0 radical (unpaired) electrons. The lowest BCUT2D eigenvalue weighted by Gasteiger charge is -2.33. The SMILES string of the molecule is CCC(C)C1NC(CC)N(CC(C)C(C)(C)C)C1=O. The molecule has 0 saturated carbocycles. The highest BCUT2D eigenvalue weighted by Crippen LogP contribution is 2.29. The van der Waals surface area contributed by atoms with Gasteiger partial charge in [-0.15, -0.1) is 0 Å². The van der Waals surface area contributed by atoms with Gasteiger partial charge in [0.2, 0.25) is 5.91 Å². The lowest BCUT2D eigenvalue weighted by molar-refractivity contribution is -0.131. The Kier molecular flexibility index (Phi) is 5.43. The van der Waals surface area contributed by atoms with E-state index in [9.17, 15) is 4.79 Å². The first-order chi connectivity index (χ1) is 8.72. The normalized spacial score (nSPS) is 27.7. The van der Waals surface area contributed by atoms with Crippen LogP contribution in [0, 0.1) is 17.3 Å².